The van der Waals surface area contributed by atoms with Crippen molar-refractivity contribution in [3.63, 3.8) is 0 Å². The van der Waals surface area contributed by atoms with Crippen LogP contribution in [0.5, 0.6) is 11.5 Å². The maximum Gasteiger partial charge on any atom is 0.215 e. The molecule has 0 N–H and O–H groups in total. The van der Waals surface area contributed by atoms with Crippen molar-refractivity contribution in [2.45, 2.75) is 38.6 Å². The number of hydrogen-bond donors (Lipinski definition) is 0. The lowest BCUT2D eigenvalue weighted by Gasteiger charge is -2.38. The number of fused-ring (bicyclic) bond motifs is 3. The molecule has 0 radical (unpaired) electrons. The Kier molecular flexibility index (Phi) is 5.40. The Morgan fingerprint density at radius 1 is 1.06 bits per heavy atom. The molecule has 0 saturated carbocycles. The van der Waals surface area contributed by atoms with E-state index in [4.69, 9.17) is 26.2 Å². The van der Waals surface area contributed by atoms with Gasteiger partial charge < -0.3 is 9.47 Å². The summed E-state index contributed by atoms with van der Waals surface area (Å²) in [6, 6.07) is 22.1. The third kappa shape index (κ3) is 3.92. The third-order valence-corrected chi connectivity index (χ3v) is 6.32. The average molecular weight is 498 g/mol. The van der Waals surface area contributed by atoms with Gasteiger partial charge in [0.2, 0.25) is 6.23 Å². The summed E-state index contributed by atoms with van der Waals surface area (Å²) in [6.07, 6.45) is 0.554. The van der Waals surface area contributed by atoms with E-state index < -0.39 is 0 Å². The molecule has 3 aromatic rings. The van der Waals surface area contributed by atoms with E-state index in [1.54, 1.807) is 0 Å². The number of benzene rings is 3. The molecule has 3 aromatic carbocycles. The van der Waals surface area contributed by atoms with Gasteiger partial charge in [0.25, 0.3) is 0 Å². The summed E-state index contributed by atoms with van der Waals surface area (Å²) in [7, 11) is 0. The molecule has 0 saturated heterocycles. The lowest BCUT2D eigenvalue weighted by atomic mass is 9.96. The smallest absolute Gasteiger partial charge is 0.215 e. The first kappa shape index (κ1) is 20.4. The molecule has 6 heteroatoms. The van der Waals surface area contributed by atoms with Gasteiger partial charge in [-0.25, -0.2) is 5.01 Å². The molecule has 2 heterocycles. The highest BCUT2D eigenvalue weighted by Crippen LogP contribution is 2.49. The predicted molar refractivity (Wildman–Crippen MR) is 127 cm³/mol. The minimum atomic E-state index is -0.381. The van der Waals surface area contributed by atoms with Crippen LogP contribution in [-0.2, 0) is 0 Å². The molecule has 5 rings (SSSR count). The number of hydrazone groups is 1. The van der Waals surface area contributed by atoms with Crippen molar-refractivity contribution in [2.24, 2.45) is 5.10 Å². The fourth-order valence-electron chi connectivity index (χ4n) is 4.11. The molecule has 2 unspecified atom stereocenters. The summed E-state index contributed by atoms with van der Waals surface area (Å²) in [4.78, 5) is 0. The summed E-state index contributed by atoms with van der Waals surface area (Å²) in [5.41, 5.74) is 4.14. The van der Waals surface area contributed by atoms with Crippen LogP contribution in [-0.4, -0.2) is 16.8 Å². The molecule has 0 spiro atoms. The maximum absolute atomic E-state index is 6.54. The number of rotatable bonds is 4. The summed E-state index contributed by atoms with van der Waals surface area (Å²) in [5, 5.41) is 7.73. The highest BCUT2D eigenvalue weighted by Gasteiger charge is 2.41. The molecule has 0 fully saturated rings. The van der Waals surface area contributed by atoms with E-state index >= 15 is 0 Å². The van der Waals surface area contributed by atoms with Crippen LogP contribution < -0.4 is 9.47 Å². The van der Waals surface area contributed by atoms with Gasteiger partial charge in [-0.2, -0.15) is 5.10 Å². The lowest BCUT2D eigenvalue weighted by molar-refractivity contribution is -0.0190. The van der Waals surface area contributed by atoms with Crippen LogP contribution in [0.1, 0.15) is 49.2 Å². The van der Waals surface area contributed by atoms with Gasteiger partial charge in [-0.3, -0.25) is 0 Å². The molecular weight excluding hydrogens is 476 g/mol. The third-order valence-electron chi connectivity index (χ3n) is 5.48. The molecule has 4 nitrogen and oxygen atoms in total. The maximum atomic E-state index is 6.54. The fraction of sp³-hybridized carbons (Fsp3) is 0.240. The van der Waals surface area contributed by atoms with Crippen molar-refractivity contribution in [2.75, 3.05) is 0 Å². The molecular formula is C25H22BrClN2O2. The van der Waals surface area contributed by atoms with Crippen molar-refractivity contribution in [3.8, 4) is 11.5 Å². The quantitative estimate of drug-likeness (QED) is 0.384. The summed E-state index contributed by atoms with van der Waals surface area (Å²) in [5.74, 6) is 1.73. The van der Waals surface area contributed by atoms with Gasteiger partial charge in [0.15, 0.2) is 0 Å². The summed E-state index contributed by atoms with van der Waals surface area (Å²) < 4.78 is 13.2. The Balaban J connectivity index is 1.54. The number of ether oxygens (including phenoxy) is 2. The van der Waals surface area contributed by atoms with Crippen molar-refractivity contribution >= 4 is 33.2 Å². The highest BCUT2D eigenvalue weighted by molar-refractivity contribution is 9.10. The van der Waals surface area contributed by atoms with Gasteiger partial charge in [0.1, 0.15) is 11.5 Å². The molecule has 0 bridgehead atoms. The number of nitrogens with zero attached hydrogens (tertiary/aromatic N) is 2. The zero-order valence-corrected chi connectivity index (χ0v) is 19.6. The van der Waals surface area contributed by atoms with Crippen LogP contribution in [0.15, 0.2) is 76.3 Å². The van der Waals surface area contributed by atoms with Crippen LogP contribution in [0.3, 0.4) is 0 Å². The SMILES string of the molecule is CC(C)Oc1ccc(C2=NN3C(C2)c2cc(Br)ccc2OC3c2ccccc2Cl)cc1. The monoisotopic (exact) mass is 496 g/mol. The Morgan fingerprint density at radius 3 is 2.58 bits per heavy atom. The van der Waals surface area contributed by atoms with Gasteiger partial charge in [0.05, 0.1) is 17.9 Å². The van der Waals surface area contributed by atoms with E-state index in [-0.39, 0.29) is 18.4 Å². The topological polar surface area (TPSA) is 34.1 Å². The Morgan fingerprint density at radius 2 is 1.84 bits per heavy atom. The zero-order valence-electron chi connectivity index (χ0n) is 17.3. The Bertz CT molecular complexity index is 1150. The molecule has 2 atom stereocenters. The minimum Gasteiger partial charge on any atom is -0.491 e. The molecule has 158 valence electrons. The first-order chi connectivity index (χ1) is 15.0. The van der Waals surface area contributed by atoms with E-state index in [0.29, 0.717) is 5.02 Å². The first-order valence-electron chi connectivity index (χ1n) is 10.3. The Hall–Kier alpha value is -2.50. The lowest BCUT2D eigenvalue weighted by Crippen LogP contribution is -2.33. The van der Waals surface area contributed by atoms with Crippen molar-refractivity contribution < 1.29 is 9.47 Å². The van der Waals surface area contributed by atoms with Gasteiger partial charge in [0, 0.05) is 27.0 Å². The predicted octanol–water partition coefficient (Wildman–Crippen LogP) is 7.13. The van der Waals surface area contributed by atoms with E-state index in [0.717, 1.165) is 44.8 Å². The van der Waals surface area contributed by atoms with Gasteiger partial charge in [-0.1, -0.05) is 45.7 Å². The fourth-order valence-corrected chi connectivity index (χ4v) is 4.72. The van der Waals surface area contributed by atoms with Gasteiger partial charge >= 0.3 is 0 Å². The van der Waals surface area contributed by atoms with Crippen LogP contribution in [0, 0.1) is 0 Å². The second-order valence-corrected chi connectivity index (χ2v) is 9.33. The van der Waals surface area contributed by atoms with E-state index in [1.165, 1.54) is 0 Å². The summed E-state index contributed by atoms with van der Waals surface area (Å²) >= 11 is 10.1. The first-order valence-corrected chi connectivity index (χ1v) is 11.5. The second-order valence-electron chi connectivity index (χ2n) is 8.01. The van der Waals surface area contributed by atoms with Crippen LogP contribution >= 0.6 is 27.5 Å². The van der Waals surface area contributed by atoms with Gasteiger partial charge in [-0.05, 0) is 67.9 Å². The summed E-state index contributed by atoms with van der Waals surface area (Å²) in [6.45, 7) is 4.05. The minimum absolute atomic E-state index is 0.0733. The largest absolute Gasteiger partial charge is 0.491 e. The number of hydrogen-bond acceptors (Lipinski definition) is 4. The molecule has 31 heavy (non-hydrogen) atoms. The van der Waals surface area contributed by atoms with Crippen molar-refractivity contribution in [3.05, 3.63) is 92.9 Å². The van der Waals surface area contributed by atoms with Crippen molar-refractivity contribution in [1.82, 2.24) is 5.01 Å². The Labute approximate surface area is 195 Å². The zero-order chi connectivity index (χ0) is 21.5. The molecule has 0 aromatic heterocycles. The van der Waals surface area contributed by atoms with Crippen molar-refractivity contribution in [1.29, 1.82) is 0 Å². The van der Waals surface area contributed by atoms with Gasteiger partial charge in [-0.15, -0.1) is 0 Å². The van der Waals surface area contributed by atoms with Crippen LogP contribution in [0.4, 0.5) is 0 Å². The molecule has 0 aliphatic carbocycles. The standard InChI is InChI=1S/C25H22BrClN2O2/c1-15(2)30-18-10-7-16(8-11-18)22-14-23-20-13-17(26)9-12-24(20)31-25(29(23)28-22)19-5-3-4-6-21(19)27/h3-13,15,23,25H,14H2,1-2H3. The molecule has 2 aliphatic rings. The van der Waals surface area contributed by atoms with E-state index in [2.05, 4.69) is 34.1 Å². The second kappa shape index (κ2) is 8.21. The molecule has 2 aliphatic heterocycles. The van der Waals surface area contributed by atoms with Crippen LogP contribution in [0.25, 0.3) is 0 Å². The number of halogens is 2. The van der Waals surface area contributed by atoms with Crippen LogP contribution in [0.2, 0.25) is 5.02 Å². The highest BCUT2D eigenvalue weighted by atomic mass is 79.9. The van der Waals surface area contributed by atoms with E-state index in [9.17, 15) is 0 Å². The average Bonchev–Trinajstić information content (AvgIpc) is 3.20. The normalized spacial score (nSPS) is 19.5. The molecule has 0 amide bonds. The van der Waals surface area contributed by atoms with E-state index in [1.807, 2.05) is 67.4 Å².